The van der Waals surface area contributed by atoms with Crippen molar-refractivity contribution >= 4 is 27.3 Å². The summed E-state index contributed by atoms with van der Waals surface area (Å²) in [6.07, 6.45) is 12.3. The van der Waals surface area contributed by atoms with Crippen LogP contribution in [0.2, 0.25) is 0 Å². The molecule has 0 radical (unpaired) electrons. The lowest BCUT2D eigenvalue weighted by Gasteiger charge is -2.72. The molecule has 5 fully saturated rings. The molecule has 9 atom stereocenters. The lowest BCUT2D eigenvalue weighted by Crippen LogP contribution is -2.66. The van der Waals surface area contributed by atoms with Gasteiger partial charge in [-0.15, -0.1) is 0 Å². The highest BCUT2D eigenvalue weighted by molar-refractivity contribution is 7.91. The fourth-order valence-electron chi connectivity index (χ4n) is 13.9. The molecule has 2 N–H and O–H groups in total. The first-order valence-electron chi connectivity index (χ1n) is 19.8. The van der Waals surface area contributed by atoms with Crippen LogP contribution in [0.25, 0.3) is 5.57 Å². The van der Waals surface area contributed by atoms with Gasteiger partial charge in [-0.25, -0.2) is 13.2 Å². The third kappa shape index (κ3) is 5.62. The summed E-state index contributed by atoms with van der Waals surface area (Å²) in [7, 11) is -2.92. The molecule has 1 aromatic carbocycles. The molecule has 0 spiro atoms. The molecular weight excluding hydrogens is 657 g/mol. The number of carboxylic acid groups (broad SMARTS) is 1. The summed E-state index contributed by atoms with van der Waals surface area (Å²) in [6, 6.07) is 7.50. The van der Waals surface area contributed by atoms with Gasteiger partial charge in [-0.2, -0.15) is 0 Å². The van der Waals surface area contributed by atoms with Gasteiger partial charge in [-0.05, 0) is 139 Å². The molecule has 51 heavy (non-hydrogen) atoms. The number of carbonyl (C=O) groups excluding carboxylic acids is 1. The van der Waals surface area contributed by atoms with E-state index in [1.807, 2.05) is 12.1 Å². The number of sulfone groups is 1. The fourth-order valence-corrected chi connectivity index (χ4v) is 15.2. The minimum Gasteiger partial charge on any atom is -0.478 e. The number of nitrogens with zero attached hydrogens (tertiary/aromatic N) is 1. The number of hydrogen-bond donors (Lipinski definition) is 2. The predicted octanol–water partition coefficient (Wildman–Crippen LogP) is 7.88. The van der Waals surface area contributed by atoms with Gasteiger partial charge in [0.2, 0.25) is 5.91 Å². The monoisotopic (exact) mass is 718 g/mol. The van der Waals surface area contributed by atoms with Crippen LogP contribution in [-0.4, -0.2) is 68.0 Å². The summed E-state index contributed by atoms with van der Waals surface area (Å²) in [5, 5.41) is 12.9. The first-order chi connectivity index (χ1) is 23.9. The van der Waals surface area contributed by atoms with Crippen LogP contribution in [0.15, 0.2) is 42.5 Å². The van der Waals surface area contributed by atoms with Crippen LogP contribution in [0.1, 0.15) is 115 Å². The van der Waals surface area contributed by atoms with Crippen molar-refractivity contribution < 1.29 is 23.1 Å². The van der Waals surface area contributed by atoms with Crippen LogP contribution in [-0.2, 0) is 14.6 Å². The lowest BCUT2D eigenvalue weighted by atomic mass is 9.32. The molecule has 1 heterocycles. The van der Waals surface area contributed by atoms with Crippen molar-refractivity contribution in [2.24, 2.45) is 56.7 Å². The van der Waals surface area contributed by atoms with E-state index >= 15 is 0 Å². The number of hydrogen-bond acceptors (Lipinski definition) is 5. The highest BCUT2D eigenvalue weighted by Crippen LogP contribution is 2.77. The van der Waals surface area contributed by atoms with Crippen molar-refractivity contribution in [1.29, 1.82) is 0 Å². The molecule has 280 valence electrons. The molecule has 1 saturated heterocycles. The molecule has 0 bridgehead atoms. The van der Waals surface area contributed by atoms with E-state index in [1.165, 1.54) is 36.8 Å². The van der Waals surface area contributed by atoms with Crippen LogP contribution >= 0.6 is 0 Å². The molecule has 9 unspecified atom stereocenters. The quantitative estimate of drug-likeness (QED) is 0.278. The predicted molar refractivity (Wildman–Crippen MR) is 204 cm³/mol. The number of carboxylic acids is 1. The van der Waals surface area contributed by atoms with E-state index in [0.29, 0.717) is 61.3 Å². The molecule has 5 aliphatic carbocycles. The second-order valence-corrected chi connectivity index (χ2v) is 21.3. The van der Waals surface area contributed by atoms with Gasteiger partial charge in [0, 0.05) is 26.2 Å². The maximum atomic E-state index is 14.5. The van der Waals surface area contributed by atoms with Gasteiger partial charge in [-0.3, -0.25) is 9.69 Å². The van der Waals surface area contributed by atoms with Crippen LogP contribution in [0.5, 0.6) is 0 Å². The summed E-state index contributed by atoms with van der Waals surface area (Å²) in [6.45, 7) is 21.8. The summed E-state index contributed by atoms with van der Waals surface area (Å²) in [5.41, 5.74) is 4.16. The number of rotatable bonds is 7. The Balaban J connectivity index is 1.14. The zero-order chi connectivity index (χ0) is 36.8. The Hall–Kier alpha value is -2.45. The van der Waals surface area contributed by atoms with Gasteiger partial charge in [-0.1, -0.05) is 65.0 Å². The van der Waals surface area contributed by atoms with Gasteiger partial charge in [0.25, 0.3) is 0 Å². The smallest absolute Gasteiger partial charge is 0.335 e. The summed E-state index contributed by atoms with van der Waals surface area (Å²) < 4.78 is 23.9. The SMILES string of the molecule is C=C(C)C1CCC2(C(=O)NCCN3CCS(=O)(=O)CC3)CCC3(C)C(CCC4C5(C)CC=C(c6ccc(C(=O)O)cc6)C(C)(C)C5CCC43C)C12. The topological polar surface area (TPSA) is 104 Å². The maximum Gasteiger partial charge on any atom is 0.335 e. The van der Waals surface area contributed by atoms with Crippen molar-refractivity contribution in [3.05, 3.63) is 53.6 Å². The summed E-state index contributed by atoms with van der Waals surface area (Å²) in [5.74, 6) is 2.05. The van der Waals surface area contributed by atoms with E-state index in [2.05, 4.69) is 64.4 Å². The Labute approximate surface area is 307 Å². The van der Waals surface area contributed by atoms with Crippen LogP contribution < -0.4 is 5.32 Å². The van der Waals surface area contributed by atoms with Gasteiger partial charge in [0.05, 0.1) is 22.5 Å². The number of nitrogens with one attached hydrogen (secondary N) is 1. The third-order valence-electron chi connectivity index (χ3n) is 16.7. The second kappa shape index (κ2) is 12.6. The molecule has 7 nitrogen and oxygen atoms in total. The summed E-state index contributed by atoms with van der Waals surface area (Å²) >= 11 is 0. The number of fused-ring (bicyclic) bond motifs is 7. The first-order valence-corrected chi connectivity index (χ1v) is 21.6. The van der Waals surface area contributed by atoms with Crippen LogP contribution in [0.3, 0.4) is 0 Å². The lowest BCUT2D eigenvalue weighted by molar-refractivity contribution is -0.225. The van der Waals surface area contributed by atoms with Gasteiger partial charge >= 0.3 is 5.97 Å². The average Bonchev–Trinajstić information content (AvgIpc) is 3.47. The highest BCUT2D eigenvalue weighted by atomic mass is 32.2. The fraction of sp³-hybridized carbons (Fsp3) is 0.721. The normalized spacial score (nSPS) is 41.2. The van der Waals surface area contributed by atoms with E-state index in [9.17, 15) is 23.1 Å². The molecule has 0 aromatic heterocycles. The largest absolute Gasteiger partial charge is 0.478 e. The van der Waals surface area contributed by atoms with Gasteiger partial charge < -0.3 is 10.4 Å². The highest BCUT2D eigenvalue weighted by Gasteiger charge is 2.71. The van der Waals surface area contributed by atoms with E-state index in [0.717, 1.165) is 37.7 Å². The second-order valence-electron chi connectivity index (χ2n) is 19.0. The molecule has 1 amide bonds. The molecule has 6 aliphatic rings. The number of benzene rings is 1. The van der Waals surface area contributed by atoms with E-state index < -0.39 is 15.8 Å². The number of carbonyl (C=O) groups is 2. The zero-order valence-electron chi connectivity index (χ0n) is 32.0. The van der Waals surface area contributed by atoms with E-state index in [1.54, 1.807) is 12.1 Å². The van der Waals surface area contributed by atoms with Gasteiger partial charge in [0.15, 0.2) is 9.84 Å². The standard InChI is InChI=1S/C43H62N2O5S/c1-28(2)31-14-19-43(38(48)44-22-23-45-24-26-51(49,50)27-25-45)21-20-41(6)33(36(31)43)12-13-35-40(5)17-15-32(29-8-10-30(11-9-29)37(46)47)39(3,4)34(40)16-18-42(35,41)7/h8-11,15,31,33-36H,1,12-14,16-27H2,2-7H3,(H,44,48)(H,46,47). The first kappa shape index (κ1) is 36.9. The van der Waals surface area contributed by atoms with Gasteiger partial charge in [0.1, 0.15) is 0 Å². The van der Waals surface area contributed by atoms with E-state index in [4.69, 9.17) is 0 Å². The Morgan fingerprint density at radius 1 is 0.902 bits per heavy atom. The van der Waals surface area contributed by atoms with Crippen molar-refractivity contribution in [3.63, 3.8) is 0 Å². The molecule has 7 rings (SSSR count). The maximum absolute atomic E-state index is 14.5. The molecule has 4 saturated carbocycles. The number of allylic oxidation sites excluding steroid dienone is 3. The average molecular weight is 719 g/mol. The third-order valence-corrected chi connectivity index (χ3v) is 18.3. The number of amides is 1. The Morgan fingerprint density at radius 3 is 2.24 bits per heavy atom. The Bertz CT molecular complexity index is 1720. The molecular formula is C43H62N2O5S. The zero-order valence-corrected chi connectivity index (χ0v) is 32.8. The molecule has 1 aromatic rings. The minimum absolute atomic E-state index is 0.0322. The number of aromatic carboxylic acids is 1. The van der Waals surface area contributed by atoms with Crippen molar-refractivity contribution in [2.75, 3.05) is 37.7 Å². The summed E-state index contributed by atoms with van der Waals surface area (Å²) in [4.78, 5) is 28.2. The Kier molecular flexibility index (Phi) is 9.09. The molecule has 1 aliphatic heterocycles. The van der Waals surface area contributed by atoms with Crippen LogP contribution in [0, 0.1) is 56.7 Å². The van der Waals surface area contributed by atoms with Crippen LogP contribution in [0.4, 0.5) is 0 Å². The Morgan fingerprint density at radius 2 is 1.59 bits per heavy atom. The van der Waals surface area contributed by atoms with E-state index in [-0.39, 0.29) is 44.5 Å². The van der Waals surface area contributed by atoms with Crippen molar-refractivity contribution in [2.45, 2.75) is 99.3 Å². The van der Waals surface area contributed by atoms with Crippen molar-refractivity contribution in [1.82, 2.24) is 10.2 Å². The van der Waals surface area contributed by atoms with Crippen molar-refractivity contribution in [3.8, 4) is 0 Å². The molecule has 8 heteroatoms. The minimum atomic E-state index is -2.92.